The van der Waals surface area contributed by atoms with Crippen LogP contribution in [-0.4, -0.2) is 16.7 Å². The highest BCUT2D eigenvalue weighted by atomic mass is 35.5. The minimum atomic E-state index is 0.0562. The topological polar surface area (TPSA) is 51.0 Å². The van der Waals surface area contributed by atoms with E-state index in [1.165, 1.54) is 0 Å². The maximum Gasteiger partial charge on any atom is 0.248 e. The standard InChI is InChI=1S/C14H18ClN3O/c1-4-8-16-10(3)13-17-18-14(19-13)11-6-5-7-12(15)9(11)2/h5-7,10,16H,4,8H2,1-3H3. The Bertz CT molecular complexity index is 553. The second-order valence-electron chi connectivity index (χ2n) is 4.53. The maximum atomic E-state index is 6.10. The van der Waals surface area contributed by atoms with Crippen LogP contribution in [0, 0.1) is 6.92 Å². The minimum absolute atomic E-state index is 0.0562. The quantitative estimate of drug-likeness (QED) is 0.905. The summed E-state index contributed by atoms with van der Waals surface area (Å²) in [5, 5.41) is 12.2. The van der Waals surface area contributed by atoms with Crippen molar-refractivity contribution in [2.45, 2.75) is 33.2 Å². The number of nitrogens with zero attached hydrogens (tertiary/aromatic N) is 2. The second-order valence-corrected chi connectivity index (χ2v) is 4.94. The molecular weight excluding hydrogens is 262 g/mol. The molecule has 4 nitrogen and oxygen atoms in total. The third-order valence-corrected chi connectivity index (χ3v) is 3.42. The maximum absolute atomic E-state index is 6.10. The van der Waals surface area contributed by atoms with Crippen LogP contribution in [0.15, 0.2) is 22.6 Å². The van der Waals surface area contributed by atoms with Crippen molar-refractivity contribution in [1.29, 1.82) is 0 Å². The first-order valence-electron chi connectivity index (χ1n) is 6.45. The Morgan fingerprint density at radius 1 is 1.37 bits per heavy atom. The van der Waals surface area contributed by atoms with Crippen LogP contribution < -0.4 is 5.32 Å². The molecule has 0 aliphatic carbocycles. The Hall–Kier alpha value is -1.39. The molecule has 1 aromatic heterocycles. The summed E-state index contributed by atoms with van der Waals surface area (Å²) in [4.78, 5) is 0. The van der Waals surface area contributed by atoms with Gasteiger partial charge in [-0.1, -0.05) is 24.6 Å². The normalized spacial score (nSPS) is 12.6. The fourth-order valence-electron chi connectivity index (χ4n) is 1.81. The van der Waals surface area contributed by atoms with Gasteiger partial charge < -0.3 is 9.73 Å². The molecule has 19 heavy (non-hydrogen) atoms. The van der Waals surface area contributed by atoms with E-state index in [9.17, 15) is 0 Å². The van der Waals surface area contributed by atoms with Crippen LogP contribution in [0.3, 0.4) is 0 Å². The zero-order valence-electron chi connectivity index (χ0n) is 11.4. The van der Waals surface area contributed by atoms with Gasteiger partial charge in [-0.15, -0.1) is 10.2 Å². The molecule has 0 saturated heterocycles. The Morgan fingerprint density at radius 2 is 2.16 bits per heavy atom. The molecule has 0 aliphatic rings. The van der Waals surface area contributed by atoms with E-state index in [2.05, 4.69) is 22.4 Å². The van der Waals surface area contributed by atoms with E-state index in [0.29, 0.717) is 16.8 Å². The number of benzene rings is 1. The number of aromatic nitrogens is 2. The van der Waals surface area contributed by atoms with Gasteiger partial charge in [-0.05, 0) is 44.5 Å². The summed E-state index contributed by atoms with van der Waals surface area (Å²) in [5.74, 6) is 1.11. The van der Waals surface area contributed by atoms with Gasteiger partial charge in [-0.2, -0.15) is 0 Å². The third-order valence-electron chi connectivity index (χ3n) is 3.01. The average molecular weight is 280 g/mol. The van der Waals surface area contributed by atoms with E-state index in [1.54, 1.807) is 0 Å². The van der Waals surface area contributed by atoms with Crippen molar-refractivity contribution in [2.75, 3.05) is 6.54 Å². The van der Waals surface area contributed by atoms with Gasteiger partial charge in [-0.3, -0.25) is 0 Å². The zero-order valence-corrected chi connectivity index (χ0v) is 12.2. The molecule has 0 fully saturated rings. The van der Waals surface area contributed by atoms with Crippen LogP contribution in [0.1, 0.15) is 37.8 Å². The predicted molar refractivity (Wildman–Crippen MR) is 76.2 cm³/mol. The molecule has 0 radical (unpaired) electrons. The van der Waals surface area contributed by atoms with Crippen molar-refractivity contribution >= 4 is 11.6 Å². The number of rotatable bonds is 5. The number of hydrogen-bond donors (Lipinski definition) is 1. The highest BCUT2D eigenvalue weighted by Crippen LogP contribution is 2.28. The summed E-state index contributed by atoms with van der Waals surface area (Å²) >= 11 is 6.10. The van der Waals surface area contributed by atoms with Crippen LogP contribution >= 0.6 is 11.6 Å². The molecule has 1 heterocycles. The largest absolute Gasteiger partial charge is 0.419 e. The zero-order chi connectivity index (χ0) is 13.8. The predicted octanol–water partition coefficient (Wildman–Crippen LogP) is 3.76. The highest BCUT2D eigenvalue weighted by Gasteiger charge is 2.16. The first kappa shape index (κ1) is 14.0. The Labute approximate surface area is 118 Å². The summed E-state index contributed by atoms with van der Waals surface area (Å²) in [5.41, 5.74) is 1.84. The SMILES string of the molecule is CCCNC(C)c1nnc(-c2cccc(Cl)c2C)o1. The smallest absolute Gasteiger partial charge is 0.248 e. The fourth-order valence-corrected chi connectivity index (χ4v) is 1.98. The lowest BCUT2D eigenvalue weighted by atomic mass is 10.1. The molecule has 0 aliphatic heterocycles. The molecule has 2 rings (SSSR count). The van der Waals surface area contributed by atoms with Crippen LogP contribution in [0.2, 0.25) is 5.02 Å². The lowest BCUT2D eigenvalue weighted by molar-refractivity contribution is 0.423. The Morgan fingerprint density at radius 3 is 2.89 bits per heavy atom. The molecule has 1 unspecified atom stereocenters. The van der Waals surface area contributed by atoms with Crippen molar-refractivity contribution < 1.29 is 4.42 Å². The van der Waals surface area contributed by atoms with E-state index in [1.807, 2.05) is 32.0 Å². The van der Waals surface area contributed by atoms with Crippen LogP contribution in [0.25, 0.3) is 11.5 Å². The summed E-state index contributed by atoms with van der Waals surface area (Å²) in [6, 6.07) is 5.72. The monoisotopic (exact) mass is 279 g/mol. The molecule has 0 spiro atoms. The van der Waals surface area contributed by atoms with Gasteiger partial charge in [-0.25, -0.2) is 0 Å². The van der Waals surface area contributed by atoms with Crippen molar-refractivity contribution in [3.63, 3.8) is 0 Å². The molecule has 1 atom stereocenters. The van der Waals surface area contributed by atoms with Crippen molar-refractivity contribution in [2.24, 2.45) is 0 Å². The van der Waals surface area contributed by atoms with Gasteiger partial charge in [0.25, 0.3) is 0 Å². The first-order valence-corrected chi connectivity index (χ1v) is 6.83. The van der Waals surface area contributed by atoms with Gasteiger partial charge in [0, 0.05) is 10.6 Å². The van der Waals surface area contributed by atoms with Crippen LogP contribution in [0.4, 0.5) is 0 Å². The molecule has 0 amide bonds. The van der Waals surface area contributed by atoms with E-state index in [0.717, 1.165) is 24.1 Å². The minimum Gasteiger partial charge on any atom is -0.419 e. The highest BCUT2D eigenvalue weighted by molar-refractivity contribution is 6.31. The van der Waals surface area contributed by atoms with Crippen molar-refractivity contribution in [3.8, 4) is 11.5 Å². The number of halogens is 1. The van der Waals surface area contributed by atoms with E-state index < -0.39 is 0 Å². The Balaban J connectivity index is 2.23. The lowest BCUT2D eigenvalue weighted by Gasteiger charge is -2.07. The van der Waals surface area contributed by atoms with Crippen molar-refractivity contribution in [1.82, 2.24) is 15.5 Å². The average Bonchev–Trinajstić information content (AvgIpc) is 2.88. The molecule has 2 aromatic rings. The van der Waals surface area contributed by atoms with E-state index >= 15 is 0 Å². The Kier molecular flexibility index (Phi) is 4.56. The fraction of sp³-hybridized carbons (Fsp3) is 0.429. The molecule has 1 N–H and O–H groups in total. The van der Waals surface area contributed by atoms with Gasteiger partial charge in [0.15, 0.2) is 0 Å². The van der Waals surface area contributed by atoms with Crippen LogP contribution in [0.5, 0.6) is 0 Å². The summed E-state index contributed by atoms with van der Waals surface area (Å²) in [7, 11) is 0. The summed E-state index contributed by atoms with van der Waals surface area (Å²) in [6.07, 6.45) is 1.07. The number of hydrogen-bond acceptors (Lipinski definition) is 4. The molecule has 1 aromatic carbocycles. The van der Waals surface area contributed by atoms with Crippen LogP contribution in [-0.2, 0) is 0 Å². The molecule has 102 valence electrons. The summed E-state index contributed by atoms with van der Waals surface area (Å²) in [6.45, 7) is 7.00. The van der Waals surface area contributed by atoms with Gasteiger partial charge in [0.1, 0.15) is 0 Å². The first-order chi connectivity index (χ1) is 9.13. The molecule has 0 saturated carbocycles. The van der Waals surface area contributed by atoms with Gasteiger partial charge >= 0.3 is 0 Å². The van der Waals surface area contributed by atoms with Crippen molar-refractivity contribution in [3.05, 3.63) is 34.7 Å². The van der Waals surface area contributed by atoms with Gasteiger partial charge in [0.2, 0.25) is 11.8 Å². The molecule has 0 bridgehead atoms. The van der Waals surface area contributed by atoms with Gasteiger partial charge in [0.05, 0.1) is 6.04 Å². The number of nitrogens with one attached hydrogen (secondary N) is 1. The second kappa shape index (κ2) is 6.17. The summed E-state index contributed by atoms with van der Waals surface area (Å²) < 4.78 is 5.72. The van der Waals surface area contributed by atoms with E-state index in [-0.39, 0.29) is 6.04 Å². The lowest BCUT2D eigenvalue weighted by Crippen LogP contribution is -2.19. The molecule has 5 heteroatoms. The van der Waals surface area contributed by atoms with E-state index in [4.69, 9.17) is 16.0 Å². The molecular formula is C14H18ClN3O. The third kappa shape index (κ3) is 3.14.